The van der Waals surface area contributed by atoms with Gasteiger partial charge in [0.15, 0.2) is 6.29 Å². The number of ether oxygens (including phenoxy) is 3. The number of carbonyl (C=O) groups is 1. The first-order valence-corrected chi connectivity index (χ1v) is 7.87. The molecule has 1 fully saturated rings. The summed E-state index contributed by atoms with van der Waals surface area (Å²) in [7, 11) is 1.60. The third-order valence-electron chi connectivity index (χ3n) is 4.23. The van der Waals surface area contributed by atoms with Crippen molar-refractivity contribution < 1.29 is 29.2 Å². The maximum Gasteiger partial charge on any atom is 0.305 e. The van der Waals surface area contributed by atoms with Crippen molar-refractivity contribution in [1.29, 1.82) is 0 Å². The Bertz CT molecular complexity index is 569. The van der Waals surface area contributed by atoms with Gasteiger partial charge in [-0.25, -0.2) is 0 Å². The summed E-state index contributed by atoms with van der Waals surface area (Å²) in [5.74, 6) is -0.274. The molecule has 1 aliphatic rings. The lowest BCUT2D eigenvalue weighted by Gasteiger charge is -2.27. The fourth-order valence-electron chi connectivity index (χ4n) is 2.79. The number of carboxylic acids is 1. The van der Waals surface area contributed by atoms with E-state index >= 15 is 0 Å². The van der Waals surface area contributed by atoms with Gasteiger partial charge in [0, 0.05) is 5.56 Å². The molecular weight excluding hydrogens is 312 g/mol. The Labute approximate surface area is 141 Å². The van der Waals surface area contributed by atoms with Crippen LogP contribution in [-0.4, -0.2) is 41.1 Å². The molecule has 1 aromatic carbocycles. The number of methoxy groups -OCH3 is 1. The van der Waals surface area contributed by atoms with Gasteiger partial charge in [-0.2, -0.15) is 0 Å². The number of hydrogen-bond donors (Lipinski definition) is 2. The molecule has 1 heterocycles. The molecule has 0 aromatic heterocycles. The predicted octanol–water partition coefficient (Wildman–Crippen LogP) is 2.67. The van der Waals surface area contributed by atoms with Crippen LogP contribution in [0, 0.1) is 0 Å². The van der Waals surface area contributed by atoms with Gasteiger partial charge in [0.2, 0.25) is 0 Å². The van der Waals surface area contributed by atoms with Gasteiger partial charge >= 0.3 is 5.97 Å². The maximum absolute atomic E-state index is 10.7. The van der Waals surface area contributed by atoms with E-state index < -0.39 is 24.0 Å². The molecule has 0 radical (unpaired) electrons. The van der Waals surface area contributed by atoms with Gasteiger partial charge in [0.05, 0.1) is 25.2 Å². The Morgan fingerprint density at radius 1 is 1.46 bits per heavy atom. The van der Waals surface area contributed by atoms with Crippen LogP contribution in [0.2, 0.25) is 0 Å². The summed E-state index contributed by atoms with van der Waals surface area (Å²) >= 11 is 0. The number of aliphatic hydroxyl groups excluding tert-OH is 1. The van der Waals surface area contributed by atoms with Crippen molar-refractivity contribution in [3.63, 3.8) is 0 Å². The minimum Gasteiger partial charge on any atom is -0.497 e. The van der Waals surface area contributed by atoms with Gasteiger partial charge in [-0.1, -0.05) is 18.2 Å². The van der Waals surface area contributed by atoms with E-state index in [0.717, 1.165) is 11.3 Å². The summed E-state index contributed by atoms with van der Waals surface area (Å²) in [5, 5.41) is 18.5. The third kappa shape index (κ3) is 4.35. The van der Waals surface area contributed by atoms with E-state index in [1.807, 2.05) is 31.2 Å². The molecule has 2 N–H and O–H groups in total. The molecule has 0 spiro atoms. The number of aliphatic carboxylic acids is 1. The second kappa shape index (κ2) is 7.79. The van der Waals surface area contributed by atoms with Crippen LogP contribution >= 0.6 is 0 Å². The first-order chi connectivity index (χ1) is 11.4. The zero-order valence-electron chi connectivity index (χ0n) is 14.0. The molecule has 4 atom stereocenters. The molecule has 0 saturated carbocycles. The van der Waals surface area contributed by atoms with Crippen LogP contribution in [0.15, 0.2) is 36.9 Å². The van der Waals surface area contributed by atoms with Gasteiger partial charge in [-0.05, 0) is 31.9 Å². The molecular formula is C18H24O6. The average Bonchev–Trinajstić information content (AvgIpc) is 2.90. The highest BCUT2D eigenvalue weighted by Gasteiger charge is 2.45. The smallest absolute Gasteiger partial charge is 0.305 e. The van der Waals surface area contributed by atoms with Crippen LogP contribution < -0.4 is 4.74 Å². The zero-order chi connectivity index (χ0) is 17.7. The van der Waals surface area contributed by atoms with E-state index in [0.29, 0.717) is 12.8 Å². The maximum atomic E-state index is 10.7. The van der Waals surface area contributed by atoms with Gasteiger partial charge in [0.25, 0.3) is 0 Å². The molecule has 0 bridgehead atoms. The molecule has 0 aliphatic carbocycles. The summed E-state index contributed by atoms with van der Waals surface area (Å²) in [6, 6.07) is 7.40. The number of benzene rings is 1. The topological polar surface area (TPSA) is 85.2 Å². The van der Waals surface area contributed by atoms with Crippen molar-refractivity contribution in [3.8, 4) is 5.75 Å². The van der Waals surface area contributed by atoms with E-state index in [1.165, 1.54) is 0 Å². The van der Waals surface area contributed by atoms with Crippen LogP contribution in [0.1, 0.15) is 38.0 Å². The normalized spacial score (nSPS) is 27.6. The monoisotopic (exact) mass is 336 g/mol. The van der Waals surface area contributed by atoms with Crippen molar-refractivity contribution in [3.05, 3.63) is 42.5 Å². The highest BCUT2D eigenvalue weighted by molar-refractivity contribution is 5.67. The Balaban J connectivity index is 2.03. The molecule has 1 aromatic rings. The highest BCUT2D eigenvalue weighted by atomic mass is 16.7. The fraction of sp³-hybridized carbons (Fsp3) is 0.500. The first-order valence-electron chi connectivity index (χ1n) is 7.87. The lowest BCUT2D eigenvalue weighted by molar-refractivity contribution is -0.139. The van der Waals surface area contributed by atoms with Crippen molar-refractivity contribution in [2.24, 2.45) is 0 Å². The van der Waals surface area contributed by atoms with E-state index in [2.05, 4.69) is 6.58 Å². The SMILES string of the molecule is C=C[C@@H]1OC(c2ccc(OC)cc2)O[C@]1(C)CC[C@H](O)CC(=O)O. The van der Waals surface area contributed by atoms with Crippen LogP contribution in [0.5, 0.6) is 5.75 Å². The van der Waals surface area contributed by atoms with Gasteiger partial charge in [0.1, 0.15) is 11.9 Å². The minimum atomic E-state index is -1.02. The standard InChI is InChI=1S/C18H24O6/c1-4-15-18(2,10-9-13(19)11-16(20)21)24-17(23-15)12-5-7-14(22-3)8-6-12/h4-8,13,15,17,19H,1,9-11H2,2-3H3,(H,20,21)/t13-,15-,17?,18+/m0/s1. The number of carboxylic acid groups (broad SMARTS) is 1. The van der Waals surface area contributed by atoms with Crippen molar-refractivity contribution >= 4 is 5.97 Å². The quantitative estimate of drug-likeness (QED) is 0.710. The minimum absolute atomic E-state index is 0.280. The zero-order valence-corrected chi connectivity index (χ0v) is 14.0. The molecule has 2 rings (SSSR count). The van der Waals surface area contributed by atoms with E-state index in [1.54, 1.807) is 13.2 Å². The lowest BCUT2D eigenvalue weighted by atomic mass is 9.91. The Morgan fingerprint density at radius 3 is 2.67 bits per heavy atom. The van der Waals surface area contributed by atoms with Gasteiger partial charge in [-0.15, -0.1) is 6.58 Å². The summed E-state index contributed by atoms with van der Waals surface area (Å²) in [6.45, 7) is 5.67. The molecule has 1 saturated heterocycles. The van der Waals surface area contributed by atoms with Crippen LogP contribution in [0.4, 0.5) is 0 Å². The second-order valence-corrected chi connectivity index (χ2v) is 6.12. The first kappa shape index (κ1) is 18.4. The van der Waals surface area contributed by atoms with Crippen LogP contribution in [0.3, 0.4) is 0 Å². The Kier molecular flexibility index (Phi) is 5.99. The van der Waals surface area contributed by atoms with E-state index in [-0.39, 0.29) is 12.5 Å². The van der Waals surface area contributed by atoms with Crippen LogP contribution in [0.25, 0.3) is 0 Å². The molecule has 1 unspecified atom stereocenters. The second-order valence-electron chi connectivity index (χ2n) is 6.12. The van der Waals surface area contributed by atoms with Gasteiger partial charge < -0.3 is 24.4 Å². The number of aliphatic hydroxyl groups is 1. The van der Waals surface area contributed by atoms with Crippen molar-refractivity contribution in [1.82, 2.24) is 0 Å². The summed E-state index contributed by atoms with van der Waals surface area (Å²) < 4.78 is 17.1. The van der Waals surface area contributed by atoms with Crippen LogP contribution in [-0.2, 0) is 14.3 Å². The van der Waals surface area contributed by atoms with E-state index in [4.69, 9.17) is 19.3 Å². The highest BCUT2D eigenvalue weighted by Crippen LogP contribution is 2.41. The molecule has 132 valence electrons. The Hall–Kier alpha value is -1.89. The average molecular weight is 336 g/mol. The molecule has 24 heavy (non-hydrogen) atoms. The largest absolute Gasteiger partial charge is 0.497 e. The molecule has 6 heteroatoms. The predicted molar refractivity (Wildman–Crippen MR) is 87.8 cm³/mol. The molecule has 6 nitrogen and oxygen atoms in total. The van der Waals surface area contributed by atoms with Crippen molar-refractivity contribution in [2.45, 2.75) is 50.3 Å². The van der Waals surface area contributed by atoms with Crippen molar-refractivity contribution in [2.75, 3.05) is 7.11 Å². The molecule has 0 amide bonds. The summed E-state index contributed by atoms with van der Waals surface area (Å²) in [5.41, 5.74) is 0.184. The summed E-state index contributed by atoms with van der Waals surface area (Å²) in [4.78, 5) is 10.7. The van der Waals surface area contributed by atoms with E-state index in [9.17, 15) is 9.90 Å². The third-order valence-corrected chi connectivity index (χ3v) is 4.23. The number of hydrogen-bond acceptors (Lipinski definition) is 5. The Morgan fingerprint density at radius 2 is 2.12 bits per heavy atom. The van der Waals surface area contributed by atoms with Gasteiger partial charge in [-0.3, -0.25) is 4.79 Å². The molecule has 1 aliphatic heterocycles. The lowest BCUT2D eigenvalue weighted by Crippen LogP contribution is -2.36. The fourth-order valence-corrected chi connectivity index (χ4v) is 2.79. The summed E-state index contributed by atoms with van der Waals surface area (Å²) in [6.07, 6.45) is 0.372. The number of rotatable bonds is 8.